The Bertz CT molecular complexity index is 374. The number of ketones is 3. The Morgan fingerprint density at radius 2 is 0.696 bits per heavy atom. The molecule has 127 valence electrons. The summed E-state index contributed by atoms with van der Waals surface area (Å²) < 4.78 is 0. The molecule has 8 heteroatoms. The number of allylic oxidation sites excluding steroid dienone is 6. The van der Waals surface area contributed by atoms with Gasteiger partial charge in [-0.3, -0.25) is 14.4 Å². The molecule has 0 spiro atoms. The van der Waals surface area contributed by atoms with Crippen LogP contribution in [0.25, 0.3) is 0 Å². The maximum Gasteiger partial charge on any atom is 2.00 e. The molecule has 0 heterocycles. The maximum atomic E-state index is 9.98. The van der Waals surface area contributed by atoms with Crippen LogP contribution in [0.3, 0.4) is 0 Å². The van der Waals surface area contributed by atoms with Crippen LogP contribution in [0.2, 0.25) is 0 Å². The number of hydrogen-bond acceptors (Lipinski definition) is 6. The molecular weight excluding hydrogens is 342 g/mol. The second kappa shape index (κ2) is 20.7. The summed E-state index contributed by atoms with van der Waals surface area (Å²) in [5, 5.41) is 29.9. The van der Waals surface area contributed by atoms with Crippen LogP contribution in [-0.2, 0) is 31.2 Å². The van der Waals surface area contributed by atoms with Crippen LogP contribution >= 0.6 is 0 Å². The second-order valence-electron chi connectivity index (χ2n) is 4.10. The van der Waals surface area contributed by atoms with Crippen molar-refractivity contribution in [2.75, 3.05) is 0 Å². The topological polar surface area (TPSA) is 120 Å². The van der Waals surface area contributed by atoms with E-state index in [-0.39, 0.29) is 70.3 Å². The van der Waals surface area contributed by atoms with E-state index in [9.17, 15) is 29.7 Å². The van der Waals surface area contributed by atoms with E-state index in [1.807, 2.05) is 0 Å². The third-order valence-corrected chi connectivity index (χ3v) is 1.22. The van der Waals surface area contributed by atoms with Gasteiger partial charge in [-0.25, -0.2) is 0 Å². The van der Waals surface area contributed by atoms with E-state index in [1.165, 1.54) is 41.5 Å². The minimum Gasteiger partial charge on any atom is -0.876 e. The zero-order chi connectivity index (χ0) is 17.6. The van der Waals surface area contributed by atoms with Gasteiger partial charge in [0.15, 0.2) is 17.3 Å². The Morgan fingerprint density at radius 3 is 0.696 bits per heavy atom. The van der Waals surface area contributed by atoms with E-state index in [2.05, 4.69) is 0 Å². The minimum absolute atomic E-state index is 0. The van der Waals surface area contributed by atoms with Gasteiger partial charge in [0.25, 0.3) is 0 Å². The van der Waals surface area contributed by atoms with Gasteiger partial charge in [-0.2, -0.15) is 0 Å². The van der Waals surface area contributed by atoms with Gasteiger partial charge in [-0.15, -0.1) is 17.3 Å². The van der Waals surface area contributed by atoms with Crippen LogP contribution in [0.1, 0.15) is 41.5 Å². The molecule has 1 radical (unpaired) electrons. The molecule has 0 fully saturated rings. The van der Waals surface area contributed by atoms with E-state index in [4.69, 9.17) is 0 Å². The minimum atomic E-state index is -0.187. The summed E-state index contributed by atoms with van der Waals surface area (Å²) in [6.07, 6.45) is 3.17. The van der Waals surface area contributed by atoms with E-state index in [0.717, 1.165) is 18.2 Å². The quantitative estimate of drug-likeness (QED) is 0.292. The smallest absolute Gasteiger partial charge is 0.876 e. The van der Waals surface area contributed by atoms with Crippen LogP contribution in [-0.4, -0.2) is 17.3 Å². The Labute approximate surface area is 159 Å². The third-order valence-electron chi connectivity index (χ3n) is 1.22. The van der Waals surface area contributed by atoms with Crippen molar-refractivity contribution >= 4 is 17.3 Å². The monoisotopic (exact) mass is 363 g/mol. The molecule has 0 amide bonds. The van der Waals surface area contributed by atoms with Crippen molar-refractivity contribution < 1.29 is 65.3 Å². The maximum absolute atomic E-state index is 9.98. The molecule has 23 heavy (non-hydrogen) atoms. The van der Waals surface area contributed by atoms with Gasteiger partial charge in [-0.05, 0) is 39.0 Å². The number of carbonyl (C=O) groups excluding carboxylic acids is 3. The average Bonchev–Trinajstić information content (AvgIpc) is 2.10. The van der Waals surface area contributed by atoms with Gasteiger partial charge in [-0.1, -0.05) is 20.8 Å². The molecule has 0 rings (SSSR count). The molecule has 0 saturated heterocycles. The molecule has 0 aliphatic heterocycles. The van der Waals surface area contributed by atoms with Crippen molar-refractivity contribution in [1.82, 2.24) is 0 Å². The predicted octanol–water partition coefficient (Wildman–Crippen LogP) is -3.48. The van der Waals surface area contributed by atoms with Gasteiger partial charge in [0.2, 0.25) is 0 Å². The zero-order valence-corrected chi connectivity index (χ0v) is 15.6. The SMILES string of the molecule is CC(=O)/C=C(/C)[O-].CC(=O)/C=C(/C)[O-].CC(=O)/C=C(/C)[O-].[Co+2].[Li+]. The van der Waals surface area contributed by atoms with Gasteiger partial charge in [0.1, 0.15) is 0 Å². The number of rotatable bonds is 3. The molecule has 0 atom stereocenters. The summed E-state index contributed by atoms with van der Waals surface area (Å²) in [5.41, 5.74) is 0. The van der Waals surface area contributed by atoms with Crippen LogP contribution < -0.4 is 34.2 Å². The molecule has 0 unspecified atom stereocenters. The Morgan fingerprint density at radius 1 is 0.565 bits per heavy atom. The van der Waals surface area contributed by atoms with E-state index in [0.29, 0.717) is 0 Å². The van der Waals surface area contributed by atoms with Crippen molar-refractivity contribution in [1.29, 1.82) is 0 Å². The second-order valence-corrected chi connectivity index (χ2v) is 4.10. The standard InChI is InChI=1S/3C5H8O2.Co.Li/c3*1-4(6)3-5(2)7;;/h3*3,6H,1-2H3;;/q;;;+2;+1/p-3/b3*4-3-;;. The Balaban J connectivity index is -0.0000000675. The van der Waals surface area contributed by atoms with Crippen molar-refractivity contribution in [2.24, 2.45) is 0 Å². The van der Waals surface area contributed by atoms with Crippen molar-refractivity contribution in [3.8, 4) is 0 Å². The molecule has 6 nitrogen and oxygen atoms in total. The Hall–Kier alpha value is -1.27. The fourth-order valence-corrected chi connectivity index (χ4v) is 0.859. The molecule has 0 aromatic heterocycles. The first-order chi connectivity index (χ1) is 9.38. The first-order valence-electron chi connectivity index (χ1n) is 5.96. The molecule has 0 aromatic rings. The number of hydrogen-bond donors (Lipinski definition) is 0. The van der Waals surface area contributed by atoms with E-state index in [1.54, 1.807) is 0 Å². The average molecular weight is 363 g/mol. The van der Waals surface area contributed by atoms with Gasteiger partial charge < -0.3 is 15.3 Å². The fourth-order valence-electron chi connectivity index (χ4n) is 0.859. The molecule has 0 aliphatic rings. The summed E-state index contributed by atoms with van der Waals surface area (Å²) >= 11 is 0. The van der Waals surface area contributed by atoms with Gasteiger partial charge in [0, 0.05) is 0 Å². The summed E-state index contributed by atoms with van der Waals surface area (Å²) in [7, 11) is 0. The van der Waals surface area contributed by atoms with Crippen molar-refractivity contribution in [3.05, 3.63) is 35.5 Å². The molecule has 0 aromatic carbocycles. The summed E-state index contributed by atoms with van der Waals surface area (Å²) in [6, 6.07) is 0. The van der Waals surface area contributed by atoms with E-state index < -0.39 is 0 Å². The van der Waals surface area contributed by atoms with Crippen LogP contribution in [0.15, 0.2) is 35.5 Å². The Kier molecular flexibility index (Phi) is 30.1. The van der Waals surface area contributed by atoms with Gasteiger partial charge >= 0.3 is 35.6 Å². The third kappa shape index (κ3) is 63.2. The zero-order valence-electron chi connectivity index (χ0n) is 14.5. The van der Waals surface area contributed by atoms with Crippen LogP contribution in [0, 0.1) is 0 Å². The normalized spacial score (nSPS) is 10.4. The first kappa shape index (κ1) is 33.4. The molecular formula is C15H21CoLiO6. The first-order valence-corrected chi connectivity index (χ1v) is 5.96. The van der Waals surface area contributed by atoms with Crippen molar-refractivity contribution in [2.45, 2.75) is 41.5 Å². The molecule has 0 saturated carbocycles. The van der Waals surface area contributed by atoms with Crippen LogP contribution in [0.4, 0.5) is 0 Å². The molecule has 0 N–H and O–H groups in total. The fraction of sp³-hybridized carbons (Fsp3) is 0.400. The van der Waals surface area contributed by atoms with Gasteiger partial charge in [0.05, 0.1) is 0 Å². The van der Waals surface area contributed by atoms with Crippen molar-refractivity contribution in [3.63, 3.8) is 0 Å². The predicted molar refractivity (Wildman–Crippen MR) is 73.3 cm³/mol. The van der Waals surface area contributed by atoms with Crippen LogP contribution in [0.5, 0.6) is 0 Å². The number of carbonyl (C=O) groups is 3. The largest absolute Gasteiger partial charge is 2.00 e. The summed E-state index contributed by atoms with van der Waals surface area (Å²) in [6.45, 7) is 8.09. The summed E-state index contributed by atoms with van der Waals surface area (Å²) in [5.74, 6) is -1.12. The van der Waals surface area contributed by atoms with E-state index >= 15 is 0 Å². The molecule has 0 bridgehead atoms. The summed E-state index contributed by atoms with van der Waals surface area (Å²) in [4.78, 5) is 29.9. The molecule has 0 aliphatic carbocycles.